The second-order valence-electron chi connectivity index (χ2n) is 7.24. The van der Waals surface area contributed by atoms with Crippen molar-refractivity contribution in [2.24, 2.45) is 5.92 Å². The molecule has 0 aliphatic heterocycles. The molecule has 3 nitrogen and oxygen atoms in total. The summed E-state index contributed by atoms with van der Waals surface area (Å²) in [6.07, 6.45) is 5.52. The Balaban J connectivity index is 1.60. The normalized spacial score (nSPS) is 13.6. The first-order valence-electron chi connectivity index (χ1n) is 9.84. The van der Waals surface area contributed by atoms with E-state index in [1.54, 1.807) is 11.8 Å². The molecule has 1 fully saturated rings. The SMILES string of the molecule is C=CCSc1ccc2oc(Cc3ccccc3)c(CCNC(=O)C3CC3)c2c1. The lowest BCUT2D eigenvalue weighted by molar-refractivity contribution is -0.122. The van der Waals surface area contributed by atoms with Gasteiger partial charge in [-0.15, -0.1) is 18.3 Å². The lowest BCUT2D eigenvalue weighted by Crippen LogP contribution is -2.27. The molecule has 0 bridgehead atoms. The van der Waals surface area contributed by atoms with Gasteiger partial charge in [-0.1, -0.05) is 36.4 Å². The third-order valence-corrected chi connectivity index (χ3v) is 6.03. The molecule has 4 heteroatoms. The van der Waals surface area contributed by atoms with E-state index in [9.17, 15) is 4.79 Å². The van der Waals surface area contributed by atoms with Crippen LogP contribution in [0.4, 0.5) is 0 Å². The minimum absolute atomic E-state index is 0.194. The molecule has 2 aromatic carbocycles. The molecule has 0 spiro atoms. The first kappa shape index (κ1) is 18.9. The van der Waals surface area contributed by atoms with Gasteiger partial charge in [0.15, 0.2) is 0 Å². The summed E-state index contributed by atoms with van der Waals surface area (Å²) < 4.78 is 6.24. The first-order valence-corrected chi connectivity index (χ1v) is 10.8. The molecule has 3 aromatic rings. The van der Waals surface area contributed by atoms with Gasteiger partial charge in [-0.2, -0.15) is 0 Å². The Labute approximate surface area is 170 Å². The molecule has 0 saturated heterocycles. The van der Waals surface area contributed by atoms with Crippen molar-refractivity contribution < 1.29 is 9.21 Å². The number of furan rings is 1. The summed E-state index contributed by atoms with van der Waals surface area (Å²) in [5.74, 6) is 2.31. The van der Waals surface area contributed by atoms with E-state index in [1.807, 2.05) is 12.1 Å². The van der Waals surface area contributed by atoms with E-state index >= 15 is 0 Å². The zero-order chi connectivity index (χ0) is 19.3. The Morgan fingerprint density at radius 2 is 2.04 bits per heavy atom. The van der Waals surface area contributed by atoms with Crippen LogP contribution in [0.5, 0.6) is 0 Å². The standard InChI is InChI=1S/C24H25NO2S/c1-2-14-28-19-10-11-22-21(16-19)20(12-13-25-24(26)18-8-9-18)23(27-22)15-17-6-4-3-5-7-17/h2-7,10-11,16,18H,1,8-9,12-15H2,(H,25,26). The summed E-state index contributed by atoms with van der Waals surface area (Å²) in [5, 5.41) is 4.24. The van der Waals surface area contributed by atoms with Gasteiger partial charge in [-0.25, -0.2) is 0 Å². The van der Waals surface area contributed by atoms with Crippen LogP contribution < -0.4 is 5.32 Å². The van der Waals surface area contributed by atoms with Gasteiger partial charge in [-0.3, -0.25) is 4.79 Å². The van der Waals surface area contributed by atoms with Crippen molar-refractivity contribution in [1.29, 1.82) is 0 Å². The predicted molar refractivity (Wildman–Crippen MR) is 116 cm³/mol. The molecular weight excluding hydrogens is 366 g/mol. The minimum atomic E-state index is 0.194. The Bertz CT molecular complexity index is 973. The number of carbonyl (C=O) groups is 1. The van der Waals surface area contributed by atoms with Crippen molar-refractivity contribution in [3.63, 3.8) is 0 Å². The van der Waals surface area contributed by atoms with Crippen LogP contribution in [0.1, 0.15) is 29.7 Å². The van der Waals surface area contributed by atoms with E-state index in [4.69, 9.17) is 4.42 Å². The molecule has 0 radical (unpaired) electrons. The quantitative estimate of drug-likeness (QED) is 0.394. The maximum Gasteiger partial charge on any atom is 0.223 e. The van der Waals surface area contributed by atoms with Crippen LogP contribution in [0, 0.1) is 5.92 Å². The minimum Gasteiger partial charge on any atom is -0.460 e. The van der Waals surface area contributed by atoms with Gasteiger partial charge in [0.25, 0.3) is 0 Å². The van der Waals surface area contributed by atoms with Crippen LogP contribution in [0.2, 0.25) is 0 Å². The number of thioether (sulfide) groups is 1. The Morgan fingerprint density at radius 3 is 2.79 bits per heavy atom. The van der Waals surface area contributed by atoms with Gasteiger partial charge in [0.2, 0.25) is 5.91 Å². The predicted octanol–water partition coefficient (Wildman–Crippen LogP) is 5.37. The van der Waals surface area contributed by atoms with Crippen LogP contribution in [0.25, 0.3) is 11.0 Å². The van der Waals surface area contributed by atoms with Crippen LogP contribution >= 0.6 is 11.8 Å². The summed E-state index contributed by atoms with van der Waals surface area (Å²) in [4.78, 5) is 13.2. The molecule has 1 N–H and O–H groups in total. The maximum absolute atomic E-state index is 12.0. The van der Waals surface area contributed by atoms with Crippen molar-refractivity contribution in [2.45, 2.75) is 30.6 Å². The maximum atomic E-state index is 12.0. The number of hydrogen-bond donors (Lipinski definition) is 1. The Kier molecular flexibility index (Phi) is 5.87. The Morgan fingerprint density at radius 1 is 1.21 bits per heavy atom. The highest BCUT2D eigenvalue weighted by molar-refractivity contribution is 7.99. The smallest absolute Gasteiger partial charge is 0.223 e. The molecule has 0 unspecified atom stereocenters. The topological polar surface area (TPSA) is 42.2 Å². The Hall–Kier alpha value is -2.46. The monoisotopic (exact) mass is 391 g/mol. The number of hydrogen-bond acceptors (Lipinski definition) is 3. The highest BCUT2D eigenvalue weighted by atomic mass is 32.2. The van der Waals surface area contributed by atoms with E-state index in [2.05, 4.69) is 54.4 Å². The number of nitrogens with one attached hydrogen (secondary N) is 1. The van der Waals surface area contributed by atoms with E-state index in [1.165, 1.54) is 16.0 Å². The second kappa shape index (κ2) is 8.70. The zero-order valence-electron chi connectivity index (χ0n) is 15.9. The number of fused-ring (bicyclic) bond motifs is 1. The molecule has 1 aliphatic rings. The third kappa shape index (κ3) is 4.50. The second-order valence-corrected chi connectivity index (χ2v) is 8.33. The number of amides is 1. The molecule has 4 rings (SSSR count). The van der Waals surface area contributed by atoms with E-state index in [-0.39, 0.29) is 11.8 Å². The van der Waals surface area contributed by atoms with Crippen LogP contribution in [0.3, 0.4) is 0 Å². The summed E-state index contributed by atoms with van der Waals surface area (Å²) in [6, 6.07) is 16.7. The van der Waals surface area contributed by atoms with E-state index in [0.717, 1.165) is 48.2 Å². The third-order valence-electron chi connectivity index (χ3n) is 5.04. The summed E-state index contributed by atoms with van der Waals surface area (Å²) >= 11 is 1.77. The van der Waals surface area contributed by atoms with Gasteiger partial charge in [0, 0.05) is 40.5 Å². The van der Waals surface area contributed by atoms with Crippen molar-refractivity contribution in [1.82, 2.24) is 5.32 Å². The number of benzene rings is 2. The molecule has 1 aliphatic carbocycles. The van der Waals surface area contributed by atoms with Crippen LogP contribution in [0.15, 0.2) is 70.5 Å². The number of carbonyl (C=O) groups excluding carboxylic acids is 1. The average Bonchev–Trinajstić information content (AvgIpc) is 3.51. The highest BCUT2D eigenvalue weighted by Gasteiger charge is 2.29. The fourth-order valence-electron chi connectivity index (χ4n) is 3.42. The molecule has 1 aromatic heterocycles. The van der Waals surface area contributed by atoms with Gasteiger partial charge < -0.3 is 9.73 Å². The van der Waals surface area contributed by atoms with Crippen LogP contribution in [-0.2, 0) is 17.6 Å². The molecule has 1 saturated carbocycles. The summed E-state index contributed by atoms with van der Waals surface area (Å²) in [5.41, 5.74) is 3.35. The summed E-state index contributed by atoms with van der Waals surface area (Å²) in [7, 11) is 0. The molecule has 144 valence electrons. The van der Waals surface area contributed by atoms with Gasteiger partial charge >= 0.3 is 0 Å². The molecule has 1 amide bonds. The van der Waals surface area contributed by atoms with Gasteiger partial charge in [0.05, 0.1) is 0 Å². The molecule has 28 heavy (non-hydrogen) atoms. The largest absolute Gasteiger partial charge is 0.460 e. The van der Waals surface area contributed by atoms with Crippen molar-refractivity contribution >= 4 is 28.6 Å². The summed E-state index contributed by atoms with van der Waals surface area (Å²) in [6.45, 7) is 4.45. The van der Waals surface area contributed by atoms with Crippen molar-refractivity contribution in [2.75, 3.05) is 12.3 Å². The average molecular weight is 392 g/mol. The number of rotatable bonds is 9. The fraction of sp³-hybridized carbons (Fsp3) is 0.292. The van der Waals surface area contributed by atoms with Crippen molar-refractivity contribution in [3.05, 3.63) is 78.1 Å². The first-order chi connectivity index (χ1) is 13.7. The van der Waals surface area contributed by atoms with Crippen LogP contribution in [-0.4, -0.2) is 18.2 Å². The van der Waals surface area contributed by atoms with E-state index < -0.39 is 0 Å². The van der Waals surface area contributed by atoms with E-state index in [0.29, 0.717) is 6.54 Å². The van der Waals surface area contributed by atoms with Gasteiger partial charge in [0.1, 0.15) is 11.3 Å². The fourth-order valence-corrected chi connectivity index (χ4v) is 4.10. The molecule has 0 atom stereocenters. The molecule has 1 heterocycles. The lowest BCUT2D eigenvalue weighted by Gasteiger charge is -2.06. The van der Waals surface area contributed by atoms with Gasteiger partial charge in [-0.05, 0) is 43.0 Å². The van der Waals surface area contributed by atoms with Crippen molar-refractivity contribution in [3.8, 4) is 0 Å². The highest BCUT2D eigenvalue weighted by Crippen LogP contribution is 2.32. The zero-order valence-corrected chi connectivity index (χ0v) is 16.8. The lowest BCUT2D eigenvalue weighted by atomic mass is 10.0. The molecular formula is C24H25NO2S.